The molecule has 0 aromatic heterocycles. The standard InChI is InChI=1S/C23H29BrN2O3S/c1-16(2)25-23(28)17(3)26(13-18-7-11-21(29-4)12-8-18)22(27)15-30-14-19-5-9-20(24)10-6-19/h5-12,16-17H,13-15H2,1-4H3,(H,25,28)/t17-/m1/s1. The second-order valence-electron chi connectivity index (χ2n) is 7.33. The smallest absolute Gasteiger partial charge is 0.242 e. The summed E-state index contributed by atoms with van der Waals surface area (Å²) < 4.78 is 6.23. The molecule has 0 aliphatic heterocycles. The monoisotopic (exact) mass is 492 g/mol. The van der Waals surface area contributed by atoms with Gasteiger partial charge < -0.3 is 15.0 Å². The highest BCUT2D eigenvalue weighted by Gasteiger charge is 2.26. The van der Waals surface area contributed by atoms with E-state index in [-0.39, 0.29) is 17.9 Å². The van der Waals surface area contributed by atoms with Crippen LogP contribution in [0.2, 0.25) is 0 Å². The zero-order valence-corrected chi connectivity index (χ0v) is 20.3. The zero-order valence-electron chi connectivity index (χ0n) is 17.9. The third-order valence-corrected chi connectivity index (χ3v) is 6.03. The summed E-state index contributed by atoms with van der Waals surface area (Å²) in [4.78, 5) is 27.3. The van der Waals surface area contributed by atoms with Gasteiger partial charge in [-0.2, -0.15) is 0 Å². The number of hydrogen-bond donors (Lipinski definition) is 1. The average molecular weight is 493 g/mol. The van der Waals surface area contributed by atoms with E-state index in [9.17, 15) is 9.59 Å². The van der Waals surface area contributed by atoms with E-state index in [2.05, 4.69) is 21.2 Å². The Balaban J connectivity index is 2.06. The number of benzene rings is 2. The van der Waals surface area contributed by atoms with Gasteiger partial charge in [0, 0.05) is 22.8 Å². The van der Waals surface area contributed by atoms with E-state index in [1.165, 1.54) is 0 Å². The molecule has 0 bridgehead atoms. The van der Waals surface area contributed by atoms with Crippen LogP contribution in [0.5, 0.6) is 5.75 Å². The average Bonchev–Trinajstić information content (AvgIpc) is 2.72. The third-order valence-electron chi connectivity index (χ3n) is 4.52. The summed E-state index contributed by atoms with van der Waals surface area (Å²) in [5.74, 6) is 1.60. The fraction of sp³-hybridized carbons (Fsp3) is 0.391. The minimum Gasteiger partial charge on any atom is -0.497 e. The maximum absolute atomic E-state index is 13.0. The van der Waals surface area contributed by atoms with Crippen molar-refractivity contribution in [3.8, 4) is 5.75 Å². The maximum atomic E-state index is 13.0. The van der Waals surface area contributed by atoms with E-state index in [1.54, 1.807) is 30.7 Å². The fourth-order valence-corrected chi connectivity index (χ4v) is 3.97. The molecule has 5 nitrogen and oxygen atoms in total. The van der Waals surface area contributed by atoms with Crippen LogP contribution in [0.1, 0.15) is 31.9 Å². The fourth-order valence-electron chi connectivity index (χ4n) is 2.84. The first-order valence-electron chi connectivity index (χ1n) is 9.85. The lowest BCUT2D eigenvalue weighted by atomic mass is 10.1. The molecule has 0 unspecified atom stereocenters. The van der Waals surface area contributed by atoms with E-state index >= 15 is 0 Å². The molecule has 0 radical (unpaired) electrons. The van der Waals surface area contributed by atoms with Crippen LogP contribution in [-0.2, 0) is 21.9 Å². The van der Waals surface area contributed by atoms with Crippen LogP contribution in [0.3, 0.4) is 0 Å². The summed E-state index contributed by atoms with van der Waals surface area (Å²) in [7, 11) is 1.62. The van der Waals surface area contributed by atoms with Crippen LogP contribution >= 0.6 is 27.7 Å². The molecule has 2 aromatic rings. The molecule has 2 amide bonds. The van der Waals surface area contributed by atoms with Crippen molar-refractivity contribution >= 4 is 39.5 Å². The van der Waals surface area contributed by atoms with Gasteiger partial charge in [0.1, 0.15) is 11.8 Å². The van der Waals surface area contributed by atoms with Gasteiger partial charge in [0.05, 0.1) is 12.9 Å². The summed E-state index contributed by atoms with van der Waals surface area (Å²) >= 11 is 4.98. The van der Waals surface area contributed by atoms with Gasteiger partial charge in [0.2, 0.25) is 11.8 Å². The topological polar surface area (TPSA) is 58.6 Å². The summed E-state index contributed by atoms with van der Waals surface area (Å²) in [6, 6.07) is 15.1. The number of nitrogens with one attached hydrogen (secondary N) is 1. The van der Waals surface area contributed by atoms with Crippen LogP contribution < -0.4 is 10.1 Å². The molecule has 162 valence electrons. The van der Waals surface area contributed by atoms with E-state index < -0.39 is 6.04 Å². The zero-order chi connectivity index (χ0) is 22.1. The van der Waals surface area contributed by atoms with Gasteiger partial charge in [-0.1, -0.05) is 40.2 Å². The van der Waals surface area contributed by atoms with Gasteiger partial charge in [-0.05, 0) is 56.2 Å². The number of methoxy groups -OCH3 is 1. The maximum Gasteiger partial charge on any atom is 0.242 e. The molecule has 0 aliphatic carbocycles. The number of rotatable bonds is 10. The molecule has 1 N–H and O–H groups in total. The van der Waals surface area contributed by atoms with E-state index in [0.29, 0.717) is 12.3 Å². The molecule has 0 spiro atoms. The number of carbonyl (C=O) groups excluding carboxylic acids is 2. The molecule has 30 heavy (non-hydrogen) atoms. The minimum atomic E-state index is -0.560. The van der Waals surface area contributed by atoms with Gasteiger partial charge >= 0.3 is 0 Å². The van der Waals surface area contributed by atoms with Gasteiger partial charge in [-0.3, -0.25) is 9.59 Å². The molecule has 0 saturated heterocycles. The highest BCUT2D eigenvalue weighted by atomic mass is 79.9. The predicted molar refractivity (Wildman–Crippen MR) is 127 cm³/mol. The summed E-state index contributed by atoms with van der Waals surface area (Å²) in [5, 5.41) is 2.91. The molecule has 0 aliphatic rings. The molecule has 1 atom stereocenters. The highest BCUT2D eigenvalue weighted by molar-refractivity contribution is 9.10. The van der Waals surface area contributed by atoms with Crippen LogP contribution in [0.25, 0.3) is 0 Å². The van der Waals surface area contributed by atoms with Gasteiger partial charge in [0.25, 0.3) is 0 Å². The number of halogens is 1. The number of thioether (sulfide) groups is 1. The Bertz CT molecular complexity index is 825. The lowest BCUT2D eigenvalue weighted by molar-refractivity contribution is -0.138. The minimum absolute atomic E-state index is 0.0182. The molecule has 0 fully saturated rings. The van der Waals surface area contributed by atoms with Crippen LogP contribution in [0.15, 0.2) is 53.0 Å². The Labute approximate surface area is 191 Å². The quantitative estimate of drug-likeness (QED) is 0.524. The summed E-state index contributed by atoms with van der Waals surface area (Å²) in [5.41, 5.74) is 2.11. The predicted octanol–water partition coefficient (Wildman–Crippen LogP) is 4.63. The van der Waals surface area contributed by atoms with E-state index in [4.69, 9.17) is 4.74 Å². The number of ether oxygens (including phenoxy) is 1. The highest BCUT2D eigenvalue weighted by Crippen LogP contribution is 2.19. The number of nitrogens with zero attached hydrogens (tertiary/aromatic N) is 1. The van der Waals surface area contributed by atoms with E-state index in [1.807, 2.05) is 62.4 Å². The van der Waals surface area contributed by atoms with Gasteiger partial charge in [-0.25, -0.2) is 0 Å². The number of amides is 2. The summed E-state index contributed by atoms with van der Waals surface area (Å²) in [6.45, 7) is 5.97. The molecule has 0 saturated carbocycles. The lowest BCUT2D eigenvalue weighted by Crippen LogP contribution is -2.49. The molecular weight excluding hydrogens is 464 g/mol. The first-order chi connectivity index (χ1) is 14.3. The van der Waals surface area contributed by atoms with Crippen LogP contribution in [0.4, 0.5) is 0 Å². The molecule has 2 aromatic carbocycles. The Kier molecular flexibility index (Phi) is 9.72. The molecule has 0 heterocycles. The summed E-state index contributed by atoms with van der Waals surface area (Å²) in [6.07, 6.45) is 0. The Hall–Kier alpha value is -1.99. The Morgan fingerprint density at radius 1 is 1.03 bits per heavy atom. The molecule has 7 heteroatoms. The first kappa shape index (κ1) is 24.3. The lowest BCUT2D eigenvalue weighted by Gasteiger charge is -2.29. The Morgan fingerprint density at radius 2 is 1.63 bits per heavy atom. The van der Waals surface area contributed by atoms with Crippen molar-refractivity contribution in [2.45, 2.75) is 45.2 Å². The SMILES string of the molecule is COc1ccc(CN(C(=O)CSCc2ccc(Br)cc2)[C@H](C)C(=O)NC(C)C)cc1. The number of hydrogen-bond acceptors (Lipinski definition) is 4. The molecular formula is C23H29BrN2O3S. The third kappa shape index (κ3) is 7.69. The van der Waals surface area contributed by atoms with Crippen molar-refractivity contribution in [3.05, 3.63) is 64.1 Å². The number of carbonyl (C=O) groups is 2. The van der Waals surface area contributed by atoms with Gasteiger partial charge in [-0.15, -0.1) is 11.8 Å². The van der Waals surface area contributed by atoms with Crippen molar-refractivity contribution in [1.82, 2.24) is 10.2 Å². The van der Waals surface area contributed by atoms with Crippen molar-refractivity contribution < 1.29 is 14.3 Å². The van der Waals surface area contributed by atoms with Crippen LogP contribution in [0, 0.1) is 0 Å². The second kappa shape index (κ2) is 12.0. The van der Waals surface area contributed by atoms with Crippen molar-refractivity contribution in [3.63, 3.8) is 0 Å². The van der Waals surface area contributed by atoms with E-state index in [0.717, 1.165) is 27.1 Å². The normalized spacial score (nSPS) is 11.8. The van der Waals surface area contributed by atoms with Crippen molar-refractivity contribution in [1.29, 1.82) is 0 Å². The van der Waals surface area contributed by atoms with Gasteiger partial charge in [0.15, 0.2) is 0 Å². The molecule has 2 rings (SSSR count). The second-order valence-corrected chi connectivity index (χ2v) is 9.23. The Morgan fingerprint density at radius 3 is 2.20 bits per heavy atom. The van der Waals surface area contributed by atoms with Crippen molar-refractivity contribution in [2.24, 2.45) is 0 Å². The van der Waals surface area contributed by atoms with Crippen molar-refractivity contribution in [2.75, 3.05) is 12.9 Å². The van der Waals surface area contributed by atoms with Crippen LogP contribution in [-0.4, -0.2) is 41.7 Å². The first-order valence-corrected chi connectivity index (χ1v) is 11.8. The largest absolute Gasteiger partial charge is 0.497 e.